The first-order valence-electron chi connectivity index (χ1n) is 10.1. The van der Waals surface area contributed by atoms with Gasteiger partial charge in [0, 0.05) is 40.8 Å². The van der Waals surface area contributed by atoms with Crippen molar-refractivity contribution in [1.82, 2.24) is 20.2 Å². The maximum Gasteiger partial charge on any atom is 0.167 e. The predicted octanol–water partition coefficient (Wildman–Crippen LogP) is 3.30. The summed E-state index contributed by atoms with van der Waals surface area (Å²) in [6.07, 6.45) is 5.33. The zero-order valence-electron chi connectivity index (χ0n) is 17.5. The van der Waals surface area contributed by atoms with Gasteiger partial charge in [0.15, 0.2) is 11.5 Å². The third kappa shape index (κ3) is 3.36. The van der Waals surface area contributed by atoms with E-state index < -0.39 is 0 Å². The molecule has 7 heteroatoms. The van der Waals surface area contributed by atoms with Gasteiger partial charge >= 0.3 is 0 Å². The van der Waals surface area contributed by atoms with Crippen LogP contribution in [0.4, 0.5) is 0 Å². The molecule has 30 heavy (non-hydrogen) atoms. The topological polar surface area (TPSA) is 108 Å². The largest absolute Gasteiger partial charge is 0.507 e. The Morgan fingerprint density at radius 2 is 1.53 bits per heavy atom. The molecule has 0 saturated heterocycles. The lowest BCUT2D eigenvalue weighted by Gasteiger charge is -2.12. The van der Waals surface area contributed by atoms with Gasteiger partial charge in [-0.1, -0.05) is 0 Å². The monoisotopic (exact) mass is 408 g/mol. The Bertz CT molecular complexity index is 1210. The lowest BCUT2D eigenvalue weighted by Crippen LogP contribution is -2.14. The van der Waals surface area contributed by atoms with Crippen molar-refractivity contribution < 1.29 is 15.3 Å². The lowest BCUT2D eigenvalue weighted by atomic mass is 9.96. The van der Waals surface area contributed by atoms with E-state index in [0.717, 1.165) is 64.6 Å². The summed E-state index contributed by atoms with van der Waals surface area (Å²) in [7, 11) is 5.92. The summed E-state index contributed by atoms with van der Waals surface area (Å²) in [5.41, 5.74) is 5.15. The average Bonchev–Trinajstić information content (AvgIpc) is 3.33. The average molecular weight is 409 g/mol. The van der Waals surface area contributed by atoms with E-state index in [1.165, 1.54) is 0 Å². The summed E-state index contributed by atoms with van der Waals surface area (Å²) >= 11 is 0. The Morgan fingerprint density at radius 3 is 2.20 bits per heavy atom. The molecule has 0 aliphatic heterocycles. The van der Waals surface area contributed by atoms with Crippen LogP contribution in [0.25, 0.3) is 32.9 Å². The Balaban J connectivity index is 1.91. The van der Waals surface area contributed by atoms with Gasteiger partial charge in [-0.05, 0) is 69.9 Å². The van der Waals surface area contributed by atoms with Crippen LogP contribution in [0.3, 0.4) is 0 Å². The molecule has 0 aliphatic rings. The third-order valence-corrected chi connectivity index (χ3v) is 5.65. The van der Waals surface area contributed by atoms with Gasteiger partial charge in [0.1, 0.15) is 5.75 Å². The summed E-state index contributed by atoms with van der Waals surface area (Å²) in [6.45, 7) is 1.62. The second-order valence-electron chi connectivity index (χ2n) is 7.96. The number of hydrogen-bond acceptors (Lipinski definition) is 5. The van der Waals surface area contributed by atoms with Crippen LogP contribution < -0.4 is 5.32 Å². The van der Waals surface area contributed by atoms with Gasteiger partial charge < -0.3 is 35.5 Å². The predicted molar refractivity (Wildman–Crippen MR) is 120 cm³/mol. The van der Waals surface area contributed by atoms with Crippen molar-refractivity contribution in [3.05, 3.63) is 41.7 Å². The highest BCUT2D eigenvalue weighted by Crippen LogP contribution is 2.44. The number of aromatic hydroxyl groups is 3. The van der Waals surface area contributed by atoms with Crippen molar-refractivity contribution >= 4 is 21.8 Å². The lowest BCUT2D eigenvalue weighted by molar-refractivity contribution is 0.408. The highest BCUT2D eigenvalue weighted by molar-refractivity contribution is 6.08. The van der Waals surface area contributed by atoms with Gasteiger partial charge in [0.25, 0.3) is 0 Å². The first kappa shape index (κ1) is 20.1. The number of phenolic OH excluding ortho intramolecular Hbond substituents is 3. The van der Waals surface area contributed by atoms with E-state index >= 15 is 0 Å². The maximum absolute atomic E-state index is 10.6. The summed E-state index contributed by atoms with van der Waals surface area (Å²) < 4.78 is 0. The highest BCUT2D eigenvalue weighted by atomic mass is 16.3. The molecular weight excluding hydrogens is 380 g/mol. The molecule has 7 nitrogen and oxygen atoms in total. The fourth-order valence-corrected chi connectivity index (χ4v) is 4.09. The Kier molecular flexibility index (Phi) is 5.32. The van der Waals surface area contributed by atoms with Crippen LogP contribution in [0, 0.1) is 0 Å². The molecule has 0 saturated carbocycles. The van der Waals surface area contributed by atoms with Crippen LogP contribution in [-0.4, -0.2) is 64.4 Å². The molecule has 0 fully saturated rings. The first-order chi connectivity index (χ1) is 14.4. The van der Waals surface area contributed by atoms with Gasteiger partial charge in [-0.15, -0.1) is 0 Å². The number of fused-ring (bicyclic) bond motifs is 2. The first-order valence-corrected chi connectivity index (χ1v) is 10.1. The zero-order chi connectivity index (χ0) is 21.4. The molecule has 2 aromatic heterocycles. The summed E-state index contributed by atoms with van der Waals surface area (Å²) in [4.78, 5) is 8.69. The van der Waals surface area contributed by atoms with Gasteiger partial charge in [-0.3, -0.25) is 0 Å². The van der Waals surface area contributed by atoms with E-state index in [9.17, 15) is 15.3 Å². The van der Waals surface area contributed by atoms with Crippen LogP contribution in [0.5, 0.6) is 17.2 Å². The second kappa shape index (κ2) is 7.93. The molecule has 2 aromatic carbocycles. The fraction of sp³-hybridized carbons (Fsp3) is 0.304. The van der Waals surface area contributed by atoms with Crippen molar-refractivity contribution in [2.75, 3.05) is 34.2 Å². The highest BCUT2D eigenvalue weighted by Gasteiger charge is 2.20. The van der Waals surface area contributed by atoms with Crippen molar-refractivity contribution in [1.29, 1.82) is 0 Å². The van der Waals surface area contributed by atoms with Crippen LogP contribution in [0.15, 0.2) is 30.6 Å². The van der Waals surface area contributed by atoms with E-state index in [2.05, 4.69) is 20.2 Å². The van der Waals surface area contributed by atoms with Gasteiger partial charge in [-0.25, -0.2) is 0 Å². The number of hydrogen-bond donors (Lipinski definition) is 6. The molecule has 2 heterocycles. The van der Waals surface area contributed by atoms with Crippen molar-refractivity contribution in [2.24, 2.45) is 0 Å². The minimum Gasteiger partial charge on any atom is -0.507 e. The molecule has 0 unspecified atom stereocenters. The normalized spacial score (nSPS) is 11.9. The Hall–Kier alpha value is -3.16. The fourth-order valence-electron chi connectivity index (χ4n) is 4.09. The van der Waals surface area contributed by atoms with E-state index in [0.29, 0.717) is 5.39 Å². The molecule has 158 valence electrons. The van der Waals surface area contributed by atoms with Crippen LogP contribution >= 0.6 is 0 Å². The molecule has 6 N–H and O–H groups in total. The number of nitrogens with zero attached hydrogens (tertiary/aromatic N) is 1. The molecule has 0 amide bonds. The number of aromatic nitrogens is 2. The summed E-state index contributed by atoms with van der Waals surface area (Å²) in [5.74, 6) is -0.0538. The standard InChI is InChI=1S/C23H28N4O3/c1-24-8-6-13-11-26-22-16(10-18(29)23(30)20(13)22)15-4-5-17(28)19-14(7-9-27(2)3)12-25-21(15)19/h4-5,10-12,24-26,28-30H,6-9H2,1-3H3. The molecule has 0 aliphatic carbocycles. The van der Waals surface area contributed by atoms with E-state index in [-0.39, 0.29) is 17.2 Å². The smallest absolute Gasteiger partial charge is 0.167 e. The third-order valence-electron chi connectivity index (χ3n) is 5.65. The van der Waals surface area contributed by atoms with Gasteiger partial charge in [0.2, 0.25) is 0 Å². The van der Waals surface area contributed by atoms with Gasteiger partial charge in [-0.2, -0.15) is 0 Å². The molecule has 0 radical (unpaired) electrons. The second-order valence-corrected chi connectivity index (χ2v) is 7.96. The Morgan fingerprint density at radius 1 is 0.867 bits per heavy atom. The number of rotatable bonds is 7. The summed E-state index contributed by atoms with van der Waals surface area (Å²) in [5, 5.41) is 36.1. The summed E-state index contributed by atoms with van der Waals surface area (Å²) in [6, 6.07) is 5.09. The zero-order valence-corrected chi connectivity index (χ0v) is 17.5. The Labute approximate surface area is 175 Å². The SMILES string of the molecule is CNCCc1c[nH]c2c(-c3ccc(O)c4c(CCN(C)C)c[nH]c34)cc(O)c(O)c12. The number of benzene rings is 2. The van der Waals surface area contributed by atoms with E-state index in [1.54, 1.807) is 12.1 Å². The van der Waals surface area contributed by atoms with Crippen molar-refractivity contribution in [2.45, 2.75) is 12.8 Å². The van der Waals surface area contributed by atoms with Crippen molar-refractivity contribution in [3.63, 3.8) is 0 Å². The van der Waals surface area contributed by atoms with Crippen LogP contribution in [-0.2, 0) is 12.8 Å². The number of nitrogens with one attached hydrogen (secondary N) is 3. The van der Waals surface area contributed by atoms with Crippen LogP contribution in [0.2, 0.25) is 0 Å². The number of aromatic amines is 2. The number of H-pyrrole nitrogens is 2. The van der Waals surface area contributed by atoms with E-state index in [4.69, 9.17) is 0 Å². The van der Waals surface area contributed by atoms with Crippen LogP contribution in [0.1, 0.15) is 11.1 Å². The quantitative estimate of drug-likeness (QED) is 0.263. The molecule has 0 spiro atoms. The van der Waals surface area contributed by atoms with E-state index in [1.807, 2.05) is 39.6 Å². The molecule has 0 bridgehead atoms. The number of likely N-dealkylation sites (N-methyl/N-ethyl adjacent to an activating group) is 2. The molecular formula is C23H28N4O3. The van der Waals surface area contributed by atoms with Gasteiger partial charge in [0.05, 0.1) is 11.0 Å². The molecule has 4 rings (SSSR count). The molecule has 4 aromatic rings. The minimum absolute atomic E-state index is 0.116. The minimum atomic E-state index is -0.163. The maximum atomic E-state index is 10.6. The molecule has 0 atom stereocenters. The van der Waals surface area contributed by atoms with Crippen molar-refractivity contribution in [3.8, 4) is 28.4 Å². The number of phenols is 3.